The highest BCUT2D eigenvalue weighted by Gasteiger charge is 2.17. The minimum Gasteiger partial charge on any atom is -0.469 e. The Morgan fingerprint density at radius 3 is 2.82 bits per heavy atom. The van der Waals surface area contributed by atoms with Crippen LogP contribution in [0.3, 0.4) is 0 Å². The Kier molecular flexibility index (Phi) is 4.75. The van der Waals surface area contributed by atoms with Gasteiger partial charge < -0.3 is 15.5 Å². The van der Waals surface area contributed by atoms with Crippen molar-refractivity contribution in [2.45, 2.75) is 51.6 Å². The number of hydrogen-bond donors (Lipinski definition) is 2. The topological polar surface area (TPSA) is 68.3 Å². The van der Waals surface area contributed by atoms with Crippen molar-refractivity contribution in [2.24, 2.45) is 5.73 Å². The predicted octanol–water partition coefficient (Wildman–Crippen LogP) is 1.84. The van der Waals surface area contributed by atoms with Crippen molar-refractivity contribution in [1.82, 2.24) is 5.32 Å². The summed E-state index contributed by atoms with van der Waals surface area (Å²) in [6.07, 6.45) is 3.71. The van der Waals surface area contributed by atoms with Crippen LogP contribution in [0.1, 0.15) is 39.4 Å². The number of amides is 1. The van der Waals surface area contributed by atoms with Gasteiger partial charge >= 0.3 is 0 Å². The van der Waals surface area contributed by atoms with E-state index in [2.05, 4.69) is 5.32 Å². The molecule has 0 radical (unpaired) electrons. The molecule has 0 bridgehead atoms. The number of carbonyl (C=O) groups is 1. The molecule has 17 heavy (non-hydrogen) atoms. The number of hydrogen-bond acceptors (Lipinski definition) is 3. The Balaban J connectivity index is 2.25. The Labute approximate surface area is 103 Å². The molecular formula is C13H22N2O2. The average molecular weight is 238 g/mol. The van der Waals surface area contributed by atoms with Crippen molar-refractivity contribution in [3.63, 3.8) is 0 Å². The monoisotopic (exact) mass is 238 g/mol. The minimum absolute atomic E-state index is 0.00412. The lowest BCUT2D eigenvalue weighted by atomic mass is 10.0. The summed E-state index contributed by atoms with van der Waals surface area (Å²) in [5, 5.41) is 2.94. The molecule has 0 fully saturated rings. The van der Waals surface area contributed by atoms with Crippen molar-refractivity contribution >= 4 is 5.91 Å². The fourth-order valence-electron chi connectivity index (χ4n) is 1.63. The standard InChI is InChI=1S/C13H22N2O2/c1-10(6-7-11-5-4-8-17-11)15-12(16)9-13(2,3)14/h4-5,8,10H,6-7,9,14H2,1-3H3,(H,15,16). The highest BCUT2D eigenvalue weighted by molar-refractivity contribution is 5.77. The summed E-state index contributed by atoms with van der Waals surface area (Å²) in [5.74, 6) is 0.953. The molecule has 0 saturated carbocycles. The second-order valence-corrected chi connectivity index (χ2v) is 5.25. The van der Waals surface area contributed by atoms with Crippen molar-refractivity contribution in [1.29, 1.82) is 0 Å². The first-order valence-corrected chi connectivity index (χ1v) is 5.97. The van der Waals surface area contributed by atoms with Crippen LogP contribution in [0.5, 0.6) is 0 Å². The second-order valence-electron chi connectivity index (χ2n) is 5.25. The number of nitrogens with two attached hydrogens (primary N) is 1. The van der Waals surface area contributed by atoms with Crippen LogP contribution < -0.4 is 11.1 Å². The van der Waals surface area contributed by atoms with Gasteiger partial charge in [-0.2, -0.15) is 0 Å². The van der Waals surface area contributed by atoms with Gasteiger partial charge in [-0.15, -0.1) is 0 Å². The number of carbonyl (C=O) groups excluding carboxylic acids is 1. The summed E-state index contributed by atoms with van der Waals surface area (Å²) in [5.41, 5.74) is 5.33. The second kappa shape index (κ2) is 5.87. The van der Waals surface area contributed by atoms with Gasteiger partial charge in [0.1, 0.15) is 5.76 Å². The third-order valence-corrected chi connectivity index (χ3v) is 2.43. The van der Waals surface area contributed by atoms with Gasteiger partial charge in [-0.25, -0.2) is 0 Å². The van der Waals surface area contributed by atoms with Gasteiger partial charge in [-0.05, 0) is 39.3 Å². The lowest BCUT2D eigenvalue weighted by molar-refractivity contribution is -0.122. The Morgan fingerprint density at radius 1 is 1.59 bits per heavy atom. The van der Waals surface area contributed by atoms with Crippen molar-refractivity contribution in [2.75, 3.05) is 0 Å². The molecule has 4 nitrogen and oxygen atoms in total. The summed E-state index contributed by atoms with van der Waals surface area (Å²) in [7, 11) is 0. The van der Waals surface area contributed by atoms with E-state index in [1.54, 1.807) is 6.26 Å². The van der Waals surface area contributed by atoms with Gasteiger partial charge in [-0.1, -0.05) is 0 Å². The van der Waals surface area contributed by atoms with Crippen LogP contribution in [-0.2, 0) is 11.2 Å². The van der Waals surface area contributed by atoms with E-state index in [0.29, 0.717) is 6.42 Å². The van der Waals surface area contributed by atoms with Crippen LogP contribution in [0, 0.1) is 0 Å². The molecule has 1 amide bonds. The van der Waals surface area contributed by atoms with Crippen LogP contribution >= 0.6 is 0 Å². The third kappa shape index (κ3) is 6.12. The fourth-order valence-corrected chi connectivity index (χ4v) is 1.63. The van der Waals surface area contributed by atoms with E-state index in [1.807, 2.05) is 32.9 Å². The normalized spacial score (nSPS) is 13.4. The molecule has 3 N–H and O–H groups in total. The van der Waals surface area contributed by atoms with Gasteiger partial charge in [0.25, 0.3) is 0 Å². The Hall–Kier alpha value is -1.29. The van der Waals surface area contributed by atoms with Gasteiger partial charge in [0, 0.05) is 24.4 Å². The molecule has 0 spiro atoms. The maximum absolute atomic E-state index is 11.6. The zero-order chi connectivity index (χ0) is 12.9. The lowest BCUT2D eigenvalue weighted by Gasteiger charge is -2.20. The van der Waals surface area contributed by atoms with Crippen LogP contribution in [0.4, 0.5) is 0 Å². The van der Waals surface area contributed by atoms with Gasteiger partial charge in [-0.3, -0.25) is 4.79 Å². The molecule has 1 aromatic rings. The first-order chi connectivity index (χ1) is 7.87. The highest BCUT2D eigenvalue weighted by atomic mass is 16.3. The summed E-state index contributed by atoms with van der Waals surface area (Å²) >= 11 is 0. The van der Waals surface area contributed by atoms with E-state index in [-0.39, 0.29) is 11.9 Å². The molecule has 1 heterocycles. The molecule has 0 saturated heterocycles. The molecule has 0 aliphatic carbocycles. The molecule has 1 atom stereocenters. The highest BCUT2D eigenvalue weighted by Crippen LogP contribution is 2.07. The quantitative estimate of drug-likeness (QED) is 0.794. The summed E-state index contributed by atoms with van der Waals surface area (Å²) < 4.78 is 5.24. The first-order valence-electron chi connectivity index (χ1n) is 5.97. The molecular weight excluding hydrogens is 216 g/mol. The minimum atomic E-state index is -0.454. The third-order valence-electron chi connectivity index (χ3n) is 2.43. The maximum atomic E-state index is 11.6. The molecule has 0 aromatic carbocycles. The summed E-state index contributed by atoms with van der Waals surface area (Å²) in [6.45, 7) is 5.69. The van der Waals surface area contributed by atoms with E-state index in [1.165, 1.54) is 0 Å². The number of aryl methyl sites for hydroxylation is 1. The predicted molar refractivity (Wildman–Crippen MR) is 67.5 cm³/mol. The van der Waals surface area contributed by atoms with Crippen LogP contribution in [0.2, 0.25) is 0 Å². The summed E-state index contributed by atoms with van der Waals surface area (Å²) in [6, 6.07) is 3.95. The zero-order valence-corrected chi connectivity index (χ0v) is 10.8. The van der Waals surface area contributed by atoms with E-state index in [4.69, 9.17) is 10.2 Å². The largest absolute Gasteiger partial charge is 0.469 e. The Morgan fingerprint density at radius 2 is 2.29 bits per heavy atom. The van der Waals surface area contributed by atoms with Crippen molar-refractivity contribution in [3.8, 4) is 0 Å². The first kappa shape index (κ1) is 13.8. The molecule has 1 rings (SSSR count). The van der Waals surface area contributed by atoms with Gasteiger partial charge in [0.15, 0.2) is 0 Å². The fraction of sp³-hybridized carbons (Fsp3) is 0.615. The van der Waals surface area contributed by atoms with Crippen LogP contribution in [0.25, 0.3) is 0 Å². The molecule has 96 valence electrons. The maximum Gasteiger partial charge on any atom is 0.222 e. The zero-order valence-electron chi connectivity index (χ0n) is 10.8. The summed E-state index contributed by atoms with van der Waals surface area (Å²) in [4.78, 5) is 11.6. The van der Waals surface area contributed by atoms with E-state index in [0.717, 1.165) is 18.6 Å². The number of nitrogens with one attached hydrogen (secondary N) is 1. The average Bonchev–Trinajstić information content (AvgIpc) is 2.63. The molecule has 0 aliphatic heterocycles. The molecule has 0 aliphatic rings. The number of rotatable bonds is 6. The smallest absolute Gasteiger partial charge is 0.222 e. The van der Waals surface area contributed by atoms with Crippen molar-refractivity contribution in [3.05, 3.63) is 24.2 Å². The van der Waals surface area contributed by atoms with Crippen LogP contribution in [-0.4, -0.2) is 17.5 Å². The lowest BCUT2D eigenvalue weighted by Crippen LogP contribution is -2.41. The van der Waals surface area contributed by atoms with E-state index >= 15 is 0 Å². The van der Waals surface area contributed by atoms with Gasteiger partial charge in [0.05, 0.1) is 6.26 Å². The number of furan rings is 1. The van der Waals surface area contributed by atoms with E-state index < -0.39 is 5.54 Å². The van der Waals surface area contributed by atoms with Gasteiger partial charge in [0.2, 0.25) is 5.91 Å². The molecule has 1 aromatic heterocycles. The van der Waals surface area contributed by atoms with E-state index in [9.17, 15) is 4.79 Å². The Bertz CT molecular complexity index is 339. The molecule has 4 heteroatoms. The van der Waals surface area contributed by atoms with Crippen LogP contribution in [0.15, 0.2) is 22.8 Å². The molecule has 1 unspecified atom stereocenters. The van der Waals surface area contributed by atoms with Crippen molar-refractivity contribution < 1.29 is 9.21 Å². The SMILES string of the molecule is CC(CCc1ccco1)NC(=O)CC(C)(C)N.